The van der Waals surface area contributed by atoms with Gasteiger partial charge in [-0.25, -0.2) is 9.67 Å². The average molecular weight is 279 g/mol. The van der Waals surface area contributed by atoms with E-state index in [2.05, 4.69) is 41.1 Å². The van der Waals surface area contributed by atoms with Crippen LogP contribution < -0.4 is 5.32 Å². The summed E-state index contributed by atoms with van der Waals surface area (Å²) < 4.78 is 2.00. The second kappa shape index (κ2) is 7.74. The van der Waals surface area contributed by atoms with Crippen molar-refractivity contribution in [2.24, 2.45) is 5.92 Å². The highest BCUT2D eigenvalue weighted by Gasteiger charge is 2.24. The average Bonchev–Trinajstić information content (AvgIpc) is 2.92. The molecule has 5 nitrogen and oxygen atoms in total. The molecule has 5 heteroatoms. The minimum Gasteiger partial charge on any atom is -0.314 e. The highest BCUT2D eigenvalue weighted by Crippen LogP contribution is 2.21. The maximum Gasteiger partial charge on any atom is 0.140 e. The SMILES string of the molecule is CCCNC(C)C1CCN(Cc2ncnn2CC)CC1. The van der Waals surface area contributed by atoms with Crippen LogP contribution in [0.15, 0.2) is 6.33 Å². The Morgan fingerprint density at radius 3 is 2.75 bits per heavy atom. The lowest BCUT2D eigenvalue weighted by molar-refractivity contribution is 0.152. The van der Waals surface area contributed by atoms with Gasteiger partial charge in [0.15, 0.2) is 0 Å². The van der Waals surface area contributed by atoms with Gasteiger partial charge in [-0.05, 0) is 58.7 Å². The van der Waals surface area contributed by atoms with Crippen molar-refractivity contribution < 1.29 is 0 Å². The third-order valence-electron chi connectivity index (χ3n) is 4.42. The number of nitrogens with zero attached hydrogens (tertiary/aromatic N) is 4. The van der Waals surface area contributed by atoms with E-state index < -0.39 is 0 Å². The third kappa shape index (κ3) is 4.03. The van der Waals surface area contributed by atoms with Crippen LogP contribution in [-0.4, -0.2) is 45.3 Å². The van der Waals surface area contributed by atoms with Crippen LogP contribution in [0.25, 0.3) is 0 Å². The van der Waals surface area contributed by atoms with Gasteiger partial charge in [0, 0.05) is 12.6 Å². The Bertz CT molecular complexity index is 381. The van der Waals surface area contributed by atoms with Gasteiger partial charge in [-0.15, -0.1) is 0 Å². The van der Waals surface area contributed by atoms with E-state index >= 15 is 0 Å². The zero-order valence-electron chi connectivity index (χ0n) is 13.2. The van der Waals surface area contributed by atoms with Gasteiger partial charge in [-0.3, -0.25) is 4.90 Å². The first-order chi connectivity index (χ1) is 9.74. The fourth-order valence-electron chi connectivity index (χ4n) is 3.02. The summed E-state index contributed by atoms with van der Waals surface area (Å²) in [5, 5.41) is 7.88. The molecule has 1 atom stereocenters. The maximum atomic E-state index is 4.37. The number of aryl methyl sites for hydroxylation is 1. The molecule has 0 saturated carbocycles. The summed E-state index contributed by atoms with van der Waals surface area (Å²) in [4.78, 5) is 6.89. The molecule has 1 aromatic rings. The molecule has 1 N–H and O–H groups in total. The van der Waals surface area contributed by atoms with Gasteiger partial charge in [-0.2, -0.15) is 5.10 Å². The quantitative estimate of drug-likeness (QED) is 0.828. The number of piperidine rings is 1. The van der Waals surface area contributed by atoms with Gasteiger partial charge < -0.3 is 5.32 Å². The zero-order chi connectivity index (χ0) is 14.4. The van der Waals surface area contributed by atoms with Crippen molar-refractivity contribution in [1.29, 1.82) is 0 Å². The number of nitrogens with one attached hydrogen (secondary N) is 1. The third-order valence-corrected chi connectivity index (χ3v) is 4.42. The molecule has 0 aliphatic carbocycles. The van der Waals surface area contributed by atoms with E-state index in [9.17, 15) is 0 Å². The Labute approximate surface area is 122 Å². The van der Waals surface area contributed by atoms with Crippen molar-refractivity contribution >= 4 is 0 Å². The summed E-state index contributed by atoms with van der Waals surface area (Å²) in [5.41, 5.74) is 0. The Hall–Kier alpha value is -0.940. The molecule has 1 unspecified atom stereocenters. The van der Waals surface area contributed by atoms with Crippen LogP contribution in [0.5, 0.6) is 0 Å². The fourth-order valence-corrected chi connectivity index (χ4v) is 3.02. The molecule has 1 aliphatic rings. The van der Waals surface area contributed by atoms with Crippen molar-refractivity contribution in [3.05, 3.63) is 12.2 Å². The molecule has 0 radical (unpaired) electrons. The number of hydrogen-bond acceptors (Lipinski definition) is 4. The van der Waals surface area contributed by atoms with Crippen LogP contribution in [0.4, 0.5) is 0 Å². The number of hydrogen-bond donors (Lipinski definition) is 1. The summed E-state index contributed by atoms with van der Waals surface area (Å²) in [6.07, 6.45) is 5.47. The number of rotatable bonds is 7. The van der Waals surface area contributed by atoms with Gasteiger partial charge >= 0.3 is 0 Å². The largest absolute Gasteiger partial charge is 0.314 e. The normalized spacial score (nSPS) is 19.4. The molecule has 0 amide bonds. The van der Waals surface area contributed by atoms with E-state index in [0.29, 0.717) is 6.04 Å². The topological polar surface area (TPSA) is 46.0 Å². The van der Waals surface area contributed by atoms with Crippen LogP contribution in [0.1, 0.15) is 45.9 Å². The predicted octanol–water partition coefficient (Wildman–Crippen LogP) is 1.90. The molecule has 0 bridgehead atoms. The van der Waals surface area contributed by atoms with Crippen molar-refractivity contribution in [3.63, 3.8) is 0 Å². The lowest BCUT2D eigenvalue weighted by Gasteiger charge is -2.35. The summed E-state index contributed by atoms with van der Waals surface area (Å²) in [6.45, 7) is 12.0. The fraction of sp³-hybridized carbons (Fsp3) is 0.867. The Kier molecular flexibility index (Phi) is 5.98. The highest BCUT2D eigenvalue weighted by molar-refractivity contribution is 4.87. The van der Waals surface area contributed by atoms with Crippen LogP contribution in [0.2, 0.25) is 0 Å². The summed E-state index contributed by atoms with van der Waals surface area (Å²) in [5.74, 6) is 1.92. The molecule has 0 aromatic carbocycles. The molecule has 1 fully saturated rings. The molecule has 1 saturated heterocycles. The van der Waals surface area contributed by atoms with Gasteiger partial charge in [0.1, 0.15) is 12.2 Å². The molecular formula is C15H29N5. The Morgan fingerprint density at radius 1 is 1.35 bits per heavy atom. The van der Waals surface area contributed by atoms with E-state index in [1.54, 1.807) is 6.33 Å². The predicted molar refractivity (Wildman–Crippen MR) is 81.5 cm³/mol. The Morgan fingerprint density at radius 2 is 2.10 bits per heavy atom. The van der Waals surface area contributed by atoms with Crippen molar-refractivity contribution in [2.45, 2.75) is 59.2 Å². The van der Waals surface area contributed by atoms with E-state index in [1.807, 2.05) is 4.68 Å². The lowest BCUT2D eigenvalue weighted by atomic mass is 9.90. The van der Waals surface area contributed by atoms with Crippen LogP contribution in [0.3, 0.4) is 0 Å². The minimum absolute atomic E-state index is 0.649. The van der Waals surface area contributed by atoms with E-state index in [-0.39, 0.29) is 0 Å². The van der Waals surface area contributed by atoms with Crippen molar-refractivity contribution in [1.82, 2.24) is 25.0 Å². The van der Waals surface area contributed by atoms with E-state index in [1.165, 1.54) is 32.4 Å². The molecule has 2 heterocycles. The molecule has 20 heavy (non-hydrogen) atoms. The van der Waals surface area contributed by atoms with Crippen LogP contribution in [0, 0.1) is 5.92 Å². The summed E-state index contributed by atoms with van der Waals surface area (Å²) in [6, 6.07) is 0.649. The number of likely N-dealkylation sites (tertiary alicyclic amines) is 1. The van der Waals surface area contributed by atoms with Gasteiger partial charge in [-0.1, -0.05) is 6.92 Å². The van der Waals surface area contributed by atoms with Gasteiger partial charge in [0.2, 0.25) is 0 Å². The van der Waals surface area contributed by atoms with Crippen LogP contribution in [-0.2, 0) is 13.1 Å². The standard InChI is InChI=1S/C15H29N5/c1-4-8-16-13(3)14-6-9-19(10-7-14)11-15-17-12-18-20(15)5-2/h12-14,16H,4-11H2,1-3H3. The minimum atomic E-state index is 0.649. The molecule has 114 valence electrons. The summed E-state index contributed by atoms with van der Waals surface area (Å²) in [7, 11) is 0. The first-order valence-electron chi connectivity index (χ1n) is 8.07. The van der Waals surface area contributed by atoms with E-state index in [4.69, 9.17) is 0 Å². The second-order valence-electron chi connectivity index (χ2n) is 5.85. The monoisotopic (exact) mass is 279 g/mol. The first-order valence-corrected chi connectivity index (χ1v) is 8.07. The molecule has 0 spiro atoms. The maximum absolute atomic E-state index is 4.37. The van der Waals surface area contributed by atoms with E-state index in [0.717, 1.165) is 31.4 Å². The Balaban J connectivity index is 1.77. The second-order valence-corrected chi connectivity index (χ2v) is 5.85. The first kappa shape index (κ1) is 15.4. The van der Waals surface area contributed by atoms with Crippen LogP contribution >= 0.6 is 0 Å². The number of aromatic nitrogens is 3. The molecule has 1 aliphatic heterocycles. The van der Waals surface area contributed by atoms with Gasteiger partial charge in [0.25, 0.3) is 0 Å². The van der Waals surface area contributed by atoms with Crippen molar-refractivity contribution in [2.75, 3.05) is 19.6 Å². The molecular weight excluding hydrogens is 250 g/mol. The van der Waals surface area contributed by atoms with Gasteiger partial charge in [0.05, 0.1) is 6.54 Å². The van der Waals surface area contributed by atoms with Crippen molar-refractivity contribution in [3.8, 4) is 0 Å². The molecule has 2 rings (SSSR count). The smallest absolute Gasteiger partial charge is 0.140 e. The summed E-state index contributed by atoms with van der Waals surface area (Å²) >= 11 is 0. The highest BCUT2D eigenvalue weighted by atomic mass is 15.3. The molecule has 1 aromatic heterocycles. The zero-order valence-corrected chi connectivity index (χ0v) is 13.2. The lowest BCUT2D eigenvalue weighted by Crippen LogP contribution is -2.42.